The second-order valence-electron chi connectivity index (χ2n) is 4.53. The van der Waals surface area contributed by atoms with Crippen LogP contribution in [-0.4, -0.2) is 20.6 Å². The van der Waals surface area contributed by atoms with Gasteiger partial charge in [-0.1, -0.05) is 13.8 Å². The van der Waals surface area contributed by atoms with E-state index in [1.54, 1.807) is 6.20 Å². The van der Waals surface area contributed by atoms with Crippen molar-refractivity contribution < 1.29 is 9.90 Å². The van der Waals surface area contributed by atoms with Crippen LogP contribution in [0.3, 0.4) is 0 Å². The summed E-state index contributed by atoms with van der Waals surface area (Å²) in [5.74, 6) is 0.438. The minimum absolute atomic E-state index is 0.190. The highest BCUT2D eigenvalue weighted by Crippen LogP contribution is 2.26. The van der Waals surface area contributed by atoms with Gasteiger partial charge < -0.3 is 9.67 Å². The SMILES string of the molecule is CC(C)C1CCc2cnc(C(=O)O)n2C1. The molecule has 0 bridgehead atoms. The first kappa shape index (κ1) is 10.2. The summed E-state index contributed by atoms with van der Waals surface area (Å²) in [6.45, 7) is 5.18. The number of rotatable bonds is 2. The fraction of sp³-hybridized carbons (Fsp3) is 0.636. The van der Waals surface area contributed by atoms with Gasteiger partial charge in [-0.3, -0.25) is 0 Å². The summed E-state index contributed by atoms with van der Waals surface area (Å²) >= 11 is 0. The summed E-state index contributed by atoms with van der Waals surface area (Å²) < 4.78 is 1.86. The first-order chi connectivity index (χ1) is 7.09. The zero-order valence-corrected chi connectivity index (χ0v) is 9.10. The number of carboxylic acid groups (broad SMARTS) is 1. The van der Waals surface area contributed by atoms with E-state index < -0.39 is 5.97 Å². The Hall–Kier alpha value is -1.32. The molecule has 4 heteroatoms. The molecule has 1 aromatic heterocycles. The smallest absolute Gasteiger partial charge is 0.372 e. The fourth-order valence-electron chi connectivity index (χ4n) is 2.19. The zero-order valence-electron chi connectivity index (χ0n) is 9.10. The Morgan fingerprint density at radius 1 is 1.67 bits per heavy atom. The van der Waals surface area contributed by atoms with Crippen molar-refractivity contribution in [2.75, 3.05) is 0 Å². The molecule has 1 unspecified atom stereocenters. The summed E-state index contributed by atoms with van der Waals surface area (Å²) in [7, 11) is 0. The van der Waals surface area contributed by atoms with Crippen LogP contribution in [0.2, 0.25) is 0 Å². The average Bonchev–Trinajstić information content (AvgIpc) is 2.59. The van der Waals surface area contributed by atoms with Crippen LogP contribution in [-0.2, 0) is 13.0 Å². The molecule has 2 heterocycles. The van der Waals surface area contributed by atoms with Crippen molar-refractivity contribution in [1.29, 1.82) is 0 Å². The van der Waals surface area contributed by atoms with Crippen LogP contribution in [0.15, 0.2) is 6.20 Å². The summed E-state index contributed by atoms with van der Waals surface area (Å²) in [6.07, 6.45) is 3.78. The highest BCUT2D eigenvalue weighted by Gasteiger charge is 2.25. The molecule has 1 atom stereocenters. The van der Waals surface area contributed by atoms with Gasteiger partial charge in [0.15, 0.2) is 0 Å². The number of carbonyl (C=O) groups is 1. The third-order valence-corrected chi connectivity index (χ3v) is 3.26. The Morgan fingerprint density at radius 3 is 3.00 bits per heavy atom. The number of carboxylic acids is 1. The standard InChI is InChI=1S/C11H16N2O2/c1-7(2)8-3-4-9-5-12-10(11(14)15)13(9)6-8/h5,7-8H,3-4,6H2,1-2H3,(H,14,15). The number of aryl methyl sites for hydroxylation is 1. The molecule has 0 saturated heterocycles. The summed E-state index contributed by atoms with van der Waals surface area (Å²) in [6, 6.07) is 0. The molecular weight excluding hydrogens is 192 g/mol. The number of imidazole rings is 1. The number of hydrogen-bond donors (Lipinski definition) is 1. The molecule has 1 aliphatic rings. The minimum Gasteiger partial charge on any atom is -0.475 e. The zero-order chi connectivity index (χ0) is 11.0. The maximum atomic E-state index is 10.9. The molecule has 0 aliphatic carbocycles. The molecule has 1 aromatic rings. The number of nitrogens with zero attached hydrogens (tertiary/aromatic N) is 2. The molecule has 0 radical (unpaired) electrons. The Morgan fingerprint density at radius 2 is 2.40 bits per heavy atom. The van der Waals surface area contributed by atoms with Crippen LogP contribution in [0.5, 0.6) is 0 Å². The summed E-state index contributed by atoms with van der Waals surface area (Å²) in [5.41, 5.74) is 1.06. The van der Waals surface area contributed by atoms with Crippen molar-refractivity contribution in [1.82, 2.24) is 9.55 Å². The Kier molecular flexibility index (Phi) is 2.50. The van der Waals surface area contributed by atoms with Crippen molar-refractivity contribution in [2.45, 2.75) is 33.2 Å². The van der Waals surface area contributed by atoms with E-state index in [9.17, 15) is 4.79 Å². The highest BCUT2D eigenvalue weighted by molar-refractivity contribution is 5.83. The predicted molar refractivity (Wildman–Crippen MR) is 55.8 cm³/mol. The molecule has 0 aromatic carbocycles. The molecule has 1 N–H and O–H groups in total. The summed E-state index contributed by atoms with van der Waals surface area (Å²) in [4.78, 5) is 14.9. The largest absolute Gasteiger partial charge is 0.475 e. The minimum atomic E-state index is -0.925. The molecule has 82 valence electrons. The first-order valence-electron chi connectivity index (χ1n) is 5.37. The lowest BCUT2D eigenvalue weighted by Gasteiger charge is -2.27. The quantitative estimate of drug-likeness (QED) is 0.806. The molecule has 1 aliphatic heterocycles. The lowest BCUT2D eigenvalue weighted by molar-refractivity contribution is 0.0674. The average molecular weight is 208 g/mol. The van der Waals surface area contributed by atoms with Crippen molar-refractivity contribution in [3.8, 4) is 0 Å². The Balaban J connectivity index is 2.30. The second kappa shape index (κ2) is 3.68. The third-order valence-electron chi connectivity index (χ3n) is 3.26. The van der Waals surface area contributed by atoms with E-state index in [4.69, 9.17) is 5.11 Å². The summed E-state index contributed by atoms with van der Waals surface area (Å²) in [5, 5.41) is 8.97. The predicted octanol–water partition coefficient (Wildman–Crippen LogP) is 1.80. The number of aromatic carboxylic acids is 1. The van der Waals surface area contributed by atoms with E-state index >= 15 is 0 Å². The van der Waals surface area contributed by atoms with E-state index in [2.05, 4.69) is 18.8 Å². The molecule has 15 heavy (non-hydrogen) atoms. The second-order valence-corrected chi connectivity index (χ2v) is 4.53. The Bertz CT molecular complexity index is 382. The van der Waals surface area contributed by atoms with Gasteiger partial charge in [0.2, 0.25) is 5.82 Å². The molecule has 0 spiro atoms. The van der Waals surface area contributed by atoms with Gasteiger partial charge in [0.1, 0.15) is 0 Å². The van der Waals surface area contributed by atoms with Crippen LogP contribution in [0.25, 0.3) is 0 Å². The van der Waals surface area contributed by atoms with Crippen molar-refractivity contribution >= 4 is 5.97 Å². The van der Waals surface area contributed by atoms with Gasteiger partial charge in [-0.05, 0) is 24.7 Å². The Labute approximate surface area is 88.9 Å². The number of hydrogen-bond acceptors (Lipinski definition) is 2. The molecular formula is C11H16N2O2. The van der Waals surface area contributed by atoms with Crippen LogP contribution < -0.4 is 0 Å². The molecule has 2 rings (SSSR count). The van der Waals surface area contributed by atoms with E-state index in [1.165, 1.54) is 0 Å². The van der Waals surface area contributed by atoms with Gasteiger partial charge in [0.05, 0.1) is 0 Å². The van der Waals surface area contributed by atoms with Gasteiger partial charge >= 0.3 is 5.97 Å². The lowest BCUT2D eigenvalue weighted by Crippen LogP contribution is -2.26. The van der Waals surface area contributed by atoms with Gasteiger partial charge in [0.25, 0.3) is 0 Å². The topological polar surface area (TPSA) is 55.1 Å². The van der Waals surface area contributed by atoms with Gasteiger partial charge in [0, 0.05) is 18.4 Å². The maximum absolute atomic E-state index is 10.9. The molecule has 0 saturated carbocycles. The fourth-order valence-corrected chi connectivity index (χ4v) is 2.19. The van der Waals surface area contributed by atoms with Crippen LogP contribution in [0, 0.1) is 11.8 Å². The van der Waals surface area contributed by atoms with Crippen LogP contribution in [0.1, 0.15) is 36.6 Å². The van der Waals surface area contributed by atoms with Gasteiger partial charge in [-0.25, -0.2) is 9.78 Å². The van der Waals surface area contributed by atoms with E-state index in [0.29, 0.717) is 11.8 Å². The van der Waals surface area contributed by atoms with Crippen LogP contribution in [0.4, 0.5) is 0 Å². The van der Waals surface area contributed by atoms with Crippen molar-refractivity contribution in [2.24, 2.45) is 11.8 Å². The van der Waals surface area contributed by atoms with E-state index in [0.717, 1.165) is 25.1 Å². The van der Waals surface area contributed by atoms with E-state index in [1.807, 2.05) is 4.57 Å². The molecule has 4 nitrogen and oxygen atoms in total. The monoisotopic (exact) mass is 208 g/mol. The van der Waals surface area contributed by atoms with Gasteiger partial charge in [-0.15, -0.1) is 0 Å². The number of fused-ring (bicyclic) bond motifs is 1. The van der Waals surface area contributed by atoms with Crippen molar-refractivity contribution in [3.05, 3.63) is 17.7 Å². The number of aromatic nitrogens is 2. The third kappa shape index (κ3) is 1.76. The maximum Gasteiger partial charge on any atom is 0.372 e. The first-order valence-corrected chi connectivity index (χ1v) is 5.37. The van der Waals surface area contributed by atoms with Crippen LogP contribution >= 0.6 is 0 Å². The van der Waals surface area contributed by atoms with Gasteiger partial charge in [-0.2, -0.15) is 0 Å². The highest BCUT2D eigenvalue weighted by atomic mass is 16.4. The van der Waals surface area contributed by atoms with Crippen molar-refractivity contribution in [3.63, 3.8) is 0 Å². The lowest BCUT2D eigenvalue weighted by atomic mass is 9.88. The normalized spacial score (nSPS) is 20.3. The molecule has 0 amide bonds. The molecule has 0 fully saturated rings. The van der Waals surface area contributed by atoms with E-state index in [-0.39, 0.29) is 5.82 Å².